The largest absolute Gasteiger partial charge is 0.476 e. The highest BCUT2D eigenvalue weighted by Gasteiger charge is 2.26. The van der Waals surface area contributed by atoms with Crippen molar-refractivity contribution in [1.82, 2.24) is 15.0 Å². The van der Waals surface area contributed by atoms with Crippen LogP contribution in [0.4, 0.5) is 8.78 Å². The van der Waals surface area contributed by atoms with Crippen LogP contribution in [0.25, 0.3) is 0 Å². The lowest BCUT2D eigenvalue weighted by Gasteiger charge is -2.07. The topological polar surface area (TPSA) is 68.0 Å². The summed E-state index contributed by atoms with van der Waals surface area (Å²) >= 11 is 0. The molecule has 7 heteroatoms. The molecule has 0 spiro atoms. The molecule has 1 N–H and O–H groups in total. The Morgan fingerprint density at radius 1 is 1.30 bits per heavy atom. The molecule has 1 heterocycles. The molecule has 0 aliphatic carbocycles. The summed E-state index contributed by atoms with van der Waals surface area (Å²) in [7, 11) is 0. The number of alkyl halides is 2. The molecule has 0 amide bonds. The van der Waals surface area contributed by atoms with E-state index in [0.717, 1.165) is 22.2 Å². The number of carboxylic acid groups (broad SMARTS) is 1. The molecule has 1 aromatic carbocycles. The number of aromatic nitrogens is 3. The average molecular weight is 281 g/mol. The molecule has 0 aliphatic heterocycles. The van der Waals surface area contributed by atoms with Crippen LogP contribution in [0.5, 0.6) is 0 Å². The zero-order chi connectivity index (χ0) is 14.7. The molecule has 5 nitrogen and oxygen atoms in total. The van der Waals surface area contributed by atoms with Crippen molar-refractivity contribution >= 4 is 5.97 Å². The van der Waals surface area contributed by atoms with E-state index in [4.69, 9.17) is 5.11 Å². The van der Waals surface area contributed by atoms with Crippen molar-refractivity contribution in [3.05, 3.63) is 46.8 Å². The van der Waals surface area contributed by atoms with Crippen LogP contribution < -0.4 is 0 Å². The highest BCUT2D eigenvalue weighted by Crippen LogP contribution is 2.22. The smallest absolute Gasteiger partial charge is 0.358 e. The van der Waals surface area contributed by atoms with E-state index < -0.39 is 23.8 Å². The fourth-order valence-electron chi connectivity index (χ4n) is 1.86. The molecule has 0 saturated heterocycles. The summed E-state index contributed by atoms with van der Waals surface area (Å²) in [6.07, 6.45) is -2.05. The third kappa shape index (κ3) is 2.81. The van der Waals surface area contributed by atoms with E-state index in [0.29, 0.717) is 0 Å². The Bertz CT molecular complexity index is 609. The van der Waals surface area contributed by atoms with Crippen molar-refractivity contribution in [3.8, 4) is 0 Å². The first-order chi connectivity index (χ1) is 9.52. The lowest BCUT2D eigenvalue weighted by molar-refractivity contribution is 0.0675. The summed E-state index contributed by atoms with van der Waals surface area (Å²) in [4.78, 5) is 10.8. The Labute approximate surface area is 113 Å². The summed E-state index contributed by atoms with van der Waals surface area (Å²) in [5, 5.41) is 15.6. The molecule has 2 rings (SSSR count). The van der Waals surface area contributed by atoms with E-state index in [1.165, 1.54) is 0 Å². The number of aromatic carboxylic acids is 1. The molecule has 0 saturated carbocycles. The van der Waals surface area contributed by atoms with Crippen molar-refractivity contribution in [1.29, 1.82) is 0 Å². The lowest BCUT2D eigenvalue weighted by atomic mass is 10.1. The number of benzene rings is 1. The average Bonchev–Trinajstić information content (AvgIpc) is 2.83. The number of carboxylic acids is 1. The maximum absolute atomic E-state index is 12.9. The first-order valence-electron chi connectivity index (χ1n) is 6.05. The molecule has 2 aromatic rings. The number of nitrogens with zero attached hydrogens (tertiary/aromatic N) is 3. The standard InChI is InChI=1S/C13H13F2N3O2/c1-2-8-3-5-9(6-4-8)7-18-11(12(14)15)10(13(19)20)16-17-18/h3-6,12H,2,7H2,1H3,(H,19,20). The molecular formula is C13H13F2N3O2. The third-order valence-corrected chi connectivity index (χ3v) is 2.95. The molecular weight excluding hydrogens is 268 g/mol. The Balaban J connectivity index is 2.30. The lowest BCUT2D eigenvalue weighted by Crippen LogP contribution is -2.10. The summed E-state index contributed by atoms with van der Waals surface area (Å²) < 4.78 is 26.8. The first kappa shape index (κ1) is 14.1. The van der Waals surface area contributed by atoms with Crippen LogP contribution in [0.2, 0.25) is 0 Å². The number of rotatable bonds is 5. The minimum Gasteiger partial charge on any atom is -0.476 e. The molecule has 106 valence electrons. The van der Waals surface area contributed by atoms with Gasteiger partial charge >= 0.3 is 5.97 Å². The molecule has 0 unspecified atom stereocenters. The summed E-state index contributed by atoms with van der Waals surface area (Å²) in [5.41, 5.74) is 0.515. The molecule has 0 bridgehead atoms. The van der Waals surface area contributed by atoms with Gasteiger partial charge in [0.1, 0.15) is 5.69 Å². The van der Waals surface area contributed by atoms with Crippen molar-refractivity contribution < 1.29 is 18.7 Å². The summed E-state index contributed by atoms with van der Waals surface area (Å²) in [6.45, 7) is 2.07. The van der Waals surface area contributed by atoms with Crippen LogP contribution in [0.15, 0.2) is 24.3 Å². The van der Waals surface area contributed by atoms with E-state index >= 15 is 0 Å². The predicted octanol–water partition coefficient (Wildman–Crippen LogP) is 2.52. The Morgan fingerprint density at radius 3 is 2.40 bits per heavy atom. The van der Waals surface area contributed by atoms with Gasteiger partial charge in [-0.3, -0.25) is 0 Å². The van der Waals surface area contributed by atoms with Gasteiger partial charge in [0, 0.05) is 0 Å². The Kier molecular flexibility index (Phi) is 4.07. The molecule has 1 aromatic heterocycles. The quantitative estimate of drug-likeness (QED) is 0.914. The summed E-state index contributed by atoms with van der Waals surface area (Å²) in [6, 6.07) is 7.39. The van der Waals surface area contributed by atoms with Crippen LogP contribution in [0.1, 0.15) is 40.7 Å². The molecule has 0 radical (unpaired) electrons. The second-order valence-corrected chi connectivity index (χ2v) is 4.26. The van der Waals surface area contributed by atoms with E-state index in [-0.39, 0.29) is 6.54 Å². The van der Waals surface area contributed by atoms with Crippen molar-refractivity contribution in [2.45, 2.75) is 26.3 Å². The second kappa shape index (κ2) is 5.77. The Morgan fingerprint density at radius 2 is 1.90 bits per heavy atom. The van der Waals surface area contributed by atoms with Gasteiger partial charge < -0.3 is 5.11 Å². The van der Waals surface area contributed by atoms with Crippen LogP contribution in [-0.4, -0.2) is 26.1 Å². The predicted molar refractivity (Wildman–Crippen MR) is 66.9 cm³/mol. The minimum absolute atomic E-state index is 0.0595. The van der Waals surface area contributed by atoms with E-state index in [1.54, 1.807) is 12.1 Å². The fraction of sp³-hybridized carbons (Fsp3) is 0.308. The van der Waals surface area contributed by atoms with Crippen LogP contribution in [0.3, 0.4) is 0 Å². The maximum Gasteiger partial charge on any atom is 0.358 e. The van der Waals surface area contributed by atoms with Gasteiger partial charge in [0.05, 0.1) is 6.54 Å². The minimum atomic E-state index is -2.94. The van der Waals surface area contributed by atoms with Gasteiger partial charge in [0.15, 0.2) is 5.69 Å². The van der Waals surface area contributed by atoms with Crippen LogP contribution in [0, 0.1) is 0 Å². The number of carbonyl (C=O) groups is 1. The van der Waals surface area contributed by atoms with Crippen LogP contribution >= 0.6 is 0 Å². The van der Waals surface area contributed by atoms with Crippen molar-refractivity contribution in [3.63, 3.8) is 0 Å². The normalized spacial score (nSPS) is 11.0. The SMILES string of the molecule is CCc1ccc(Cn2nnc(C(=O)O)c2C(F)F)cc1. The van der Waals surface area contributed by atoms with E-state index in [2.05, 4.69) is 10.3 Å². The van der Waals surface area contributed by atoms with Gasteiger partial charge in [-0.25, -0.2) is 18.3 Å². The van der Waals surface area contributed by atoms with Crippen molar-refractivity contribution in [2.24, 2.45) is 0 Å². The number of aryl methyl sites for hydroxylation is 1. The fourth-order valence-corrected chi connectivity index (χ4v) is 1.86. The van der Waals surface area contributed by atoms with Gasteiger partial charge in [-0.05, 0) is 17.5 Å². The zero-order valence-electron chi connectivity index (χ0n) is 10.8. The first-order valence-corrected chi connectivity index (χ1v) is 6.05. The Hall–Kier alpha value is -2.31. The van der Waals surface area contributed by atoms with Crippen LogP contribution in [-0.2, 0) is 13.0 Å². The zero-order valence-corrected chi connectivity index (χ0v) is 10.8. The van der Waals surface area contributed by atoms with Gasteiger partial charge in [-0.1, -0.05) is 36.4 Å². The summed E-state index contributed by atoms with van der Waals surface area (Å²) in [5.74, 6) is -1.51. The van der Waals surface area contributed by atoms with E-state index in [9.17, 15) is 13.6 Å². The van der Waals surface area contributed by atoms with E-state index in [1.807, 2.05) is 19.1 Å². The molecule has 0 atom stereocenters. The van der Waals surface area contributed by atoms with Crippen molar-refractivity contribution in [2.75, 3.05) is 0 Å². The van der Waals surface area contributed by atoms with Gasteiger partial charge in [0.25, 0.3) is 6.43 Å². The highest BCUT2D eigenvalue weighted by atomic mass is 19.3. The molecule has 20 heavy (non-hydrogen) atoms. The third-order valence-electron chi connectivity index (χ3n) is 2.95. The van der Waals surface area contributed by atoms with Gasteiger partial charge in [0.2, 0.25) is 0 Å². The highest BCUT2D eigenvalue weighted by molar-refractivity contribution is 5.86. The second-order valence-electron chi connectivity index (χ2n) is 4.26. The monoisotopic (exact) mass is 281 g/mol. The number of hydrogen-bond acceptors (Lipinski definition) is 3. The maximum atomic E-state index is 12.9. The number of hydrogen-bond donors (Lipinski definition) is 1. The molecule has 0 fully saturated rings. The van der Waals surface area contributed by atoms with Gasteiger partial charge in [-0.2, -0.15) is 0 Å². The van der Waals surface area contributed by atoms with Gasteiger partial charge in [-0.15, -0.1) is 5.10 Å². The number of halogens is 2. The molecule has 0 aliphatic rings.